The van der Waals surface area contributed by atoms with Crippen LogP contribution in [0.1, 0.15) is 39.2 Å². The van der Waals surface area contributed by atoms with Crippen LogP contribution >= 0.6 is 0 Å². The summed E-state index contributed by atoms with van der Waals surface area (Å²) in [6.07, 6.45) is 3.17. The summed E-state index contributed by atoms with van der Waals surface area (Å²) in [6, 6.07) is 8.23. The molecular formula is C20H32N4O. The summed E-state index contributed by atoms with van der Waals surface area (Å²) in [6.45, 7) is 9.17. The van der Waals surface area contributed by atoms with E-state index in [0.717, 1.165) is 31.1 Å². The number of nitrogens with one attached hydrogen (secondary N) is 2. The molecule has 5 heteroatoms. The third-order valence-corrected chi connectivity index (χ3v) is 5.69. The summed E-state index contributed by atoms with van der Waals surface area (Å²) in [7, 11) is 3.90. The maximum Gasteiger partial charge on any atom is 0.136 e. The Labute approximate surface area is 151 Å². The van der Waals surface area contributed by atoms with Crippen LogP contribution in [0.3, 0.4) is 0 Å². The largest absolute Gasteiger partial charge is 0.497 e. The molecule has 138 valence electrons. The van der Waals surface area contributed by atoms with Crippen molar-refractivity contribution in [3.8, 4) is 5.75 Å². The minimum absolute atomic E-state index is 0.0439. The molecule has 1 aromatic rings. The zero-order valence-electron chi connectivity index (χ0n) is 16.2. The second kappa shape index (κ2) is 6.96. The van der Waals surface area contributed by atoms with Crippen molar-refractivity contribution in [1.82, 2.24) is 15.8 Å². The topological polar surface area (TPSA) is 48.9 Å². The van der Waals surface area contributed by atoms with Crippen molar-refractivity contribution in [2.24, 2.45) is 16.3 Å². The Hall–Kier alpha value is -1.59. The summed E-state index contributed by atoms with van der Waals surface area (Å²) >= 11 is 0. The Balaban J connectivity index is 1.80. The first-order valence-electron chi connectivity index (χ1n) is 9.27. The minimum atomic E-state index is -0.240. The molecule has 0 saturated carbocycles. The molecule has 1 saturated heterocycles. The van der Waals surface area contributed by atoms with E-state index in [-0.39, 0.29) is 11.1 Å². The van der Waals surface area contributed by atoms with Crippen molar-refractivity contribution >= 4 is 5.84 Å². The average Bonchev–Trinajstić information content (AvgIpc) is 3.01. The Morgan fingerprint density at radius 3 is 2.40 bits per heavy atom. The maximum absolute atomic E-state index is 5.24. The number of amidine groups is 1. The van der Waals surface area contributed by atoms with Crippen molar-refractivity contribution < 1.29 is 4.74 Å². The fraction of sp³-hybridized carbons (Fsp3) is 0.650. The molecule has 1 aromatic carbocycles. The maximum atomic E-state index is 5.24. The molecule has 0 radical (unpaired) electrons. The van der Waals surface area contributed by atoms with E-state index in [9.17, 15) is 0 Å². The fourth-order valence-electron chi connectivity index (χ4n) is 4.04. The van der Waals surface area contributed by atoms with E-state index < -0.39 is 0 Å². The smallest absolute Gasteiger partial charge is 0.136 e. The molecule has 3 rings (SSSR count). The van der Waals surface area contributed by atoms with Crippen LogP contribution in [0.2, 0.25) is 0 Å². The molecule has 2 aliphatic rings. The van der Waals surface area contributed by atoms with Gasteiger partial charge in [0, 0.05) is 17.8 Å². The molecule has 1 unspecified atom stereocenters. The summed E-state index contributed by atoms with van der Waals surface area (Å²) in [5.41, 5.74) is 8.03. The first-order valence-corrected chi connectivity index (χ1v) is 9.27. The number of methoxy groups -OCH3 is 1. The highest BCUT2D eigenvalue weighted by Crippen LogP contribution is 2.43. The lowest BCUT2D eigenvalue weighted by Gasteiger charge is -2.47. The molecule has 0 amide bonds. The highest BCUT2D eigenvalue weighted by molar-refractivity contribution is 5.86. The van der Waals surface area contributed by atoms with Crippen molar-refractivity contribution in [2.45, 2.75) is 45.7 Å². The van der Waals surface area contributed by atoms with Gasteiger partial charge in [0.1, 0.15) is 17.2 Å². The second-order valence-electron chi connectivity index (χ2n) is 8.43. The lowest BCUT2D eigenvalue weighted by Crippen LogP contribution is -2.60. The standard InChI is InChI=1S/C20H32N4O/c1-19(2,3)20(16-10-12-24(4)13-11-16)21-18(22-23-20)14-15-6-8-17(25-5)9-7-15/h6-9,16,23H,10-14H2,1-5H3,(H,21,22). The van der Waals surface area contributed by atoms with Gasteiger partial charge in [0.25, 0.3) is 0 Å². The highest BCUT2D eigenvalue weighted by atomic mass is 16.5. The van der Waals surface area contributed by atoms with Crippen LogP contribution < -0.4 is 15.6 Å². The van der Waals surface area contributed by atoms with Gasteiger partial charge < -0.3 is 15.1 Å². The molecule has 25 heavy (non-hydrogen) atoms. The normalized spacial score (nSPS) is 25.6. The number of hydrazine groups is 1. The molecule has 0 bridgehead atoms. The van der Waals surface area contributed by atoms with Gasteiger partial charge >= 0.3 is 0 Å². The van der Waals surface area contributed by atoms with Gasteiger partial charge in [-0.15, -0.1) is 0 Å². The third-order valence-electron chi connectivity index (χ3n) is 5.69. The quantitative estimate of drug-likeness (QED) is 0.882. The van der Waals surface area contributed by atoms with Gasteiger partial charge in [-0.05, 0) is 50.7 Å². The van der Waals surface area contributed by atoms with E-state index in [1.807, 2.05) is 12.1 Å². The molecule has 2 N–H and O–H groups in total. The van der Waals surface area contributed by atoms with Crippen LogP contribution in [-0.4, -0.2) is 43.6 Å². The minimum Gasteiger partial charge on any atom is -0.497 e. The van der Waals surface area contributed by atoms with E-state index in [1.54, 1.807) is 7.11 Å². The van der Waals surface area contributed by atoms with E-state index in [1.165, 1.54) is 18.4 Å². The van der Waals surface area contributed by atoms with E-state index in [0.29, 0.717) is 5.92 Å². The number of rotatable bonds is 4. The predicted octanol–water partition coefficient (Wildman–Crippen LogP) is 2.83. The highest BCUT2D eigenvalue weighted by Gasteiger charge is 2.51. The number of likely N-dealkylation sites (tertiary alicyclic amines) is 1. The number of hydrogen-bond donors (Lipinski definition) is 2. The Kier molecular flexibility index (Phi) is 5.07. The van der Waals surface area contributed by atoms with Gasteiger partial charge in [0.05, 0.1) is 7.11 Å². The zero-order valence-corrected chi connectivity index (χ0v) is 16.2. The number of aliphatic imine (C=N–C) groups is 1. The Morgan fingerprint density at radius 1 is 1.20 bits per heavy atom. The van der Waals surface area contributed by atoms with Crippen LogP contribution in [0.15, 0.2) is 29.3 Å². The number of benzene rings is 1. The molecule has 5 nitrogen and oxygen atoms in total. The predicted molar refractivity (Wildman–Crippen MR) is 103 cm³/mol. The third kappa shape index (κ3) is 3.67. The molecule has 1 atom stereocenters. The summed E-state index contributed by atoms with van der Waals surface area (Å²) in [4.78, 5) is 7.64. The van der Waals surface area contributed by atoms with Crippen LogP contribution in [0.25, 0.3) is 0 Å². The number of nitrogens with zero attached hydrogens (tertiary/aromatic N) is 2. The molecule has 0 aromatic heterocycles. The van der Waals surface area contributed by atoms with Gasteiger partial charge in [-0.1, -0.05) is 32.9 Å². The van der Waals surface area contributed by atoms with Crippen LogP contribution in [-0.2, 0) is 6.42 Å². The SMILES string of the molecule is COc1ccc(CC2=NC(C3CCN(C)CC3)(C(C)(C)C)NN2)cc1. The fourth-order valence-corrected chi connectivity index (χ4v) is 4.04. The van der Waals surface area contributed by atoms with Gasteiger partial charge in [-0.2, -0.15) is 0 Å². The molecule has 2 heterocycles. The van der Waals surface area contributed by atoms with E-state index >= 15 is 0 Å². The van der Waals surface area contributed by atoms with Crippen molar-refractivity contribution in [2.75, 3.05) is 27.2 Å². The van der Waals surface area contributed by atoms with Gasteiger partial charge in [0.15, 0.2) is 0 Å². The van der Waals surface area contributed by atoms with Crippen LogP contribution in [0.5, 0.6) is 5.75 Å². The monoisotopic (exact) mass is 344 g/mol. The lowest BCUT2D eigenvalue weighted by molar-refractivity contribution is 0.0413. The molecule has 1 fully saturated rings. The van der Waals surface area contributed by atoms with Gasteiger partial charge in [0.2, 0.25) is 0 Å². The van der Waals surface area contributed by atoms with Crippen molar-refractivity contribution in [3.05, 3.63) is 29.8 Å². The lowest BCUT2D eigenvalue weighted by atomic mass is 9.70. The summed E-state index contributed by atoms with van der Waals surface area (Å²) < 4.78 is 5.24. The first-order chi connectivity index (χ1) is 11.8. The summed E-state index contributed by atoms with van der Waals surface area (Å²) in [5.74, 6) is 2.46. The molecule has 0 aliphatic carbocycles. The van der Waals surface area contributed by atoms with E-state index in [4.69, 9.17) is 9.73 Å². The zero-order chi connectivity index (χ0) is 18.1. The Bertz CT molecular complexity index is 612. The molecular weight excluding hydrogens is 312 g/mol. The Morgan fingerprint density at radius 2 is 1.84 bits per heavy atom. The molecule has 0 spiro atoms. The van der Waals surface area contributed by atoms with Gasteiger partial charge in [-0.25, -0.2) is 10.4 Å². The van der Waals surface area contributed by atoms with Crippen LogP contribution in [0, 0.1) is 11.3 Å². The number of hydrogen-bond acceptors (Lipinski definition) is 5. The molecule has 2 aliphatic heterocycles. The number of piperidine rings is 1. The van der Waals surface area contributed by atoms with Crippen molar-refractivity contribution in [1.29, 1.82) is 0 Å². The van der Waals surface area contributed by atoms with Crippen molar-refractivity contribution in [3.63, 3.8) is 0 Å². The van der Waals surface area contributed by atoms with Crippen LogP contribution in [0.4, 0.5) is 0 Å². The van der Waals surface area contributed by atoms with E-state index in [2.05, 4.69) is 55.7 Å². The van der Waals surface area contributed by atoms with Gasteiger partial charge in [-0.3, -0.25) is 0 Å². The number of ether oxygens (including phenoxy) is 1. The first kappa shape index (κ1) is 18.2. The average molecular weight is 345 g/mol. The second-order valence-corrected chi connectivity index (χ2v) is 8.43. The summed E-state index contributed by atoms with van der Waals surface area (Å²) in [5, 5.41) is 0.